The van der Waals surface area contributed by atoms with Gasteiger partial charge in [-0.05, 0) is 15.9 Å². The van der Waals surface area contributed by atoms with Crippen molar-refractivity contribution in [3.05, 3.63) is 16.9 Å². The molecule has 0 amide bonds. The lowest BCUT2D eigenvalue weighted by molar-refractivity contribution is 1.11. The van der Waals surface area contributed by atoms with Crippen LogP contribution in [0.1, 0.15) is 0 Å². The minimum atomic E-state index is 0.0493. The maximum absolute atomic E-state index is 6.85. The van der Waals surface area contributed by atoms with Gasteiger partial charge in [0.2, 0.25) is 5.95 Å². The number of hydrogen-bond donors (Lipinski definition) is 0. The van der Waals surface area contributed by atoms with Gasteiger partial charge in [0, 0.05) is 12.4 Å². The SMILES string of the molecule is [NH]c1ncc(Br)cn1. The fourth-order valence-electron chi connectivity index (χ4n) is 0.312. The van der Waals surface area contributed by atoms with E-state index in [-0.39, 0.29) is 5.95 Å². The maximum atomic E-state index is 6.85. The third-order valence-electron chi connectivity index (χ3n) is 0.620. The largest absolute Gasteiger partial charge is 0.266 e. The zero-order valence-electron chi connectivity index (χ0n) is 3.93. The van der Waals surface area contributed by atoms with Crippen molar-refractivity contribution in [2.45, 2.75) is 0 Å². The van der Waals surface area contributed by atoms with Crippen LogP contribution in [0, 0.1) is 0 Å². The average Bonchev–Trinajstić information content (AvgIpc) is 1.77. The molecule has 0 aromatic carbocycles. The van der Waals surface area contributed by atoms with Crippen LogP contribution in [0.2, 0.25) is 0 Å². The predicted molar refractivity (Wildman–Crippen MR) is 32.5 cm³/mol. The molecule has 0 fully saturated rings. The molecule has 41 valence electrons. The van der Waals surface area contributed by atoms with Gasteiger partial charge in [0.15, 0.2) is 0 Å². The van der Waals surface area contributed by atoms with E-state index >= 15 is 0 Å². The third kappa shape index (κ3) is 1.16. The number of nitrogens with one attached hydrogen (secondary N) is 1. The van der Waals surface area contributed by atoms with Crippen molar-refractivity contribution in [2.24, 2.45) is 0 Å². The van der Waals surface area contributed by atoms with E-state index in [1.807, 2.05) is 0 Å². The Morgan fingerprint density at radius 1 is 1.38 bits per heavy atom. The van der Waals surface area contributed by atoms with Gasteiger partial charge in [-0.2, -0.15) is 0 Å². The Bertz CT molecular complexity index is 150. The molecule has 0 saturated carbocycles. The first-order valence-corrected chi connectivity index (χ1v) is 2.77. The number of aromatic nitrogens is 2. The van der Waals surface area contributed by atoms with Gasteiger partial charge in [0.05, 0.1) is 4.47 Å². The van der Waals surface area contributed by atoms with E-state index in [0.717, 1.165) is 4.47 Å². The number of hydrogen-bond acceptors (Lipinski definition) is 2. The number of rotatable bonds is 0. The zero-order valence-corrected chi connectivity index (χ0v) is 5.51. The molecule has 4 heteroatoms. The van der Waals surface area contributed by atoms with Crippen LogP contribution < -0.4 is 5.73 Å². The van der Waals surface area contributed by atoms with Crippen molar-refractivity contribution in [1.82, 2.24) is 15.7 Å². The van der Waals surface area contributed by atoms with E-state index in [0.29, 0.717) is 0 Å². The van der Waals surface area contributed by atoms with Gasteiger partial charge in [0.25, 0.3) is 0 Å². The van der Waals surface area contributed by atoms with Gasteiger partial charge < -0.3 is 0 Å². The Morgan fingerprint density at radius 3 is 2.25 bits per heavy atom. The number of halogens is 1. The predicted octanol–water partition coefficient (Wildman–Crippen LogP) is 1.15. The Balaban J connectivity index is 3.03. The van der Waals surface area contributed by atoms with Crippen LogP contribution in [-0.4, -0.2) is 9.97 Å². The summed E-state index contributed by atoms with van der Waals surface area (Å²) in [5, 5.41) is 0. The summed E-state index contributed by atoms with van der Waals surface area (Å²) in [5.74, 6) is 0.0493. The van der Waals surface area contributed by atoms with Gasteiger partial charge in [-0.25, -0.2) is 9.97 Å². The summed E-state index contributed by atoms with van der Waals surface area (Å²) in [6, 6.07) is 0. The van der Waals surface area contributed by atoms with Gasteiger partial charge in [-0.15, -0.1) is 0 Å². The first kappa shape index (κ1) is 5.50. The summed E-state index contributed by atoms with van der Waals surface area (Å²) in [7, 11) is 0. The monoisotopic (exact) mass is 172 g/mol. The molecule has 1 heterocycles. The molecule has 0 atom stereocenters. The molecule has 0 aliphatic heterocycles. The summed E-state index contributed by atoms with van der Waals surface area (Å²) in [5.41, 5.74) is 6.85. The first-order chi connectivity index (χ1) is 3.79. The molecular formula is C4H3BrN3. The molecule has 1 rings (SSSR count). The second kappa shape index (κ2) is 2.09. The maximum Gasteiger partial charge on any atom is 0.241 e. The van der Waals surface area contributed by atoms with Crippen molar-refractivity contribution in [2.75, 3.05) is 0 Å². The Kier molecular flexibility index (Phi) is 1.43. The molecule has 3 nitrogen and oxygen atoms in total. The minimum Gasteiger partial charge on any atom is -0.266 e. The summed E-state index contributed by atoms with van der Waals surface area (Å²) in [4.78, 5) is 7.17. The molecule has 1 N–H and O–H groups in total. The van der Waals surface area contributed by atoms with Gasteiger partial charge >= 0.3 is 0 Å². The van der Waals surface area contributed by atoms with E-state index in [9.17, 15) is 0 Å². The van der Waals surface area contributed by atoms with Crippen LogP contribution in [0.15, 0.2) is 16.9 Å². The molecule has 0 unspecified atom stereocenters. The summed E-state index contributed by atoms with van der Waals surface area (Å²) in [6.07, 6.45) is 3.07. The first-order valence-electron chi connectivity index (χ1n) is 1.98. The Morgan fingerprint density at radius 2 is 1.88 bits per heavy atom. The van der Waals surface area contributed by atoms with Crippen LogP contribution in [0.4, 0.5) is 5.95 Å². The van der Waals surface area contributed by atoms with Crippen molar-refractivity contribution in [1.29, 1.82) is 0 Å². The summed E-state index contributed by atoms with van der Waals surface area (Å²) in [6.45, 7) is 0. The van der Waals surface area contributed by atoms with E-state index in [2.05, 4.69) is 25.9 Å². The van der Waals surface area contributed by atoms with Crippen molar-refractivity contribution < 1.29 is 0 Å². The highest BCUT2D eigenvalue weighted by molar-refractivity contribution is 9.10. The fraction of sp³-hybridized carbons (Fsp3) is 0. The molecular weight excluding hydrogens is 170 g/mol. The molecule has 8 heavy (non-hydrogen) atoms. The van der Waals surface area contributed by atoms with Crippen molar-refractivity contribution in [3.8, 4) is 0 Å². The van der Waals surface area contributed by atoms with Crippen LogP contribution in [0.3, 0.4) is 0 Å². The van der Waals surface area contributed by atoms with Gasteiger partial charge in [-0.3, -0.25) is 5.73 Å². The normalized spacial score (nSPS) is 9.12. The fourth-order valence-corrected chi connectivity index (χ4v) is 0.517. The lowest BCUT2D eigenvalue weighted by Crippen LogP contribution is -1.80. The highest BCUT2D eigenvalue weighted by Crippen LogP contribution is 2.04. The van der Waals surface area contributed by atoms with Gasteiger partial charge in [-0.1, -0.05) is 0 Å². The van der Waals surface area contributed by atoms with Crippen molar-refractivity contribution in [3.63, 3.8) is 0 Å². The smallest absolute Gasteiger partial charge is 0.241 e. The van der Waals surface area contributed by atoms with Crippen LogP contribution in [0.25, 0.3) is 0 Å². The zero-order chi connectivity index (χ0) is 5.98. The van der Waals surface area contributed by atoms with E-state index < -0.39 is 0 Å². The summed E-state index contributed by atoms with van der Waals surface area (Å²) < 4.78 is 0.800. The second-order valence-electron chi connectivity index (χ2n) is 1.22. The quantitative estimate of drug-likeness (QED) is 0.590. The molecule has 0 bridgehead atoms. The highest BCUT2D eigenvalue weighted by Gasteiger charge is 1.85. The highest BCUT2D eigenvalue weighted by atomic mass is 79.9. The Labute approximate surface area is 55.1 Å². The van der Waals surface area contributed by atoms with Gasteiger partial charge in [0.1, 0.15) is 0 Å². The van der Waals surface area contributed by atoms with Crippen molar-refractivity contribution >= 4 is 21.9 Å². The molecule has 0 saturated heterocycles. The third-order valence-corrected chi connectivity index (χ3v) is 1.03. The van der Waals surface area contributed by atoms with Crippen LogP contribution in [-0.2, 0) is 0 Å². The topological polar surface area (TPSA) is 49.6 Å². The van der Waals surface area contributed by atoms with Crippen LogP contribution >= 0.6 is 15.9 Å². The summed E-state index contributed by atoms with van der Waals surface area (Å²) >= 11 is 3.14. The average molecular weight is 173 g/mol. The van der Waals surface area contributed by atoms with E-state index in [4.69, 9.17) is 5.73 Å². The minimum absolute atomic E-state index is 0.0493. The van der Waals surface area contributed by atoms with Crippen LogP contribution in [0.5, 0.6) is 0 Å². The van der Waals surface area contributed by atoms with E-state index in [1.54, 1.807) is 0 Å². The Hall–Kier alpha value is -0.640. The lowest BCUT2D eigenvalue weighted by Gasteiger charge is -1.85. The van der Waals surface area contributed by atoms with E-state index in [1.165, 1.54) is 12.4 Å². The molecule has 1 radical (unpaired) electrons. The molecule has 1 aromatic heterocycles. The molecule has 0 aliphatic carbocycles. The standard InChI is InChI=1S/C4H3BrN3/c5-3-1-7-4(6)8-2-3/h1-2,6H. The number of nitrogens with zero attached hydrogens (tertiary/aromatic N) is 2. The molecule has 1 aromatic rings. The molecule has 0 spiro atoms. The second-order valence-corrected chi connectivity index (χ2v) is 2.14. The lowest BCUT2D eigenvalue weighted by atomic mass is 10.7. The molecule has 0 aliphatic rings.